The molecule has 0 aliphatic carbocycles. The Bertz CT molecular complexity index is 1320. The summed E-state index contributed by atoms with van der Waals surface area (Å²) in [6, 6.07) is 21.3. The molecule has 0 radical (unpaired) electrons. The van der Waals surface area contributed by atoms with Crippen LogP contribution in [0.3, 0.4) is 0 Å². The van der Waals surface area contributed by atoms with Gasteiger partial charge in [-0.25, -0.2) is 4.98 Å². The maximum absolute atomic E-state index is 9.68. The smallest absolute Gasteiger partial charge is 0.157 e. The summed E-state index contributed by atoms with van der Waals surface area (Å²) < 4.78 is 0. The third-order valence-corrected chi connectivity index (χ3v) is 5.09. The van der Waals surface area contributed by atoms with Gasteiger partial charge in [-0.05, 0) is 36.2 Å². The highest BCUT2D eigenvalue weighted by Crippen LogP contribution is 2.35. The number of nitrogens with zero attached hydrogens (tertiary/aromatic N) is 1. The number of fused-ring (bicyclic) bond motifs is 5. The molecule has 0 aliphatic heterocycles. The Morgan fingerprint density at radius 2 is 1.64 bits per heavy atom. The number of phenols is 2. The zero-order valence-electron chi connectivity index (χ0n) is 15.1. The number of hydrogen-bond acceptors (Lipinski definition) is 4. The Hall–Kier alpha value is -3.73. The molecule has 5 heteroatoms. The van der Waals surface area contributed by atoms with Gasteiger partial charge in [0.15, 0.2) is 11.5 Å². The van der Waals surface area contributed by atoms with Gasteiger partial charge in [-0.2, -0.15) is 0 Å². The molecule has 3 aromatic carbocycles. The lowest BCUT2D eigenvalue weighted by Crippen LogP contribution is -2.07. The SMILES string of the molecule is Oc1ccc(CCNc2nc3ccccc3c3[nH]c4ccccc4c23)cc1O. The van der Waals surface area contributed by atoms with E-state index >= 15 is 0 Å². The summed E-state index contributed by atoms with van der Waals surface area (Å²) in [6.07, 6.45) is 0.701. The van der Waals surface area contributed by atoms with Gasteiger partial charge in [0, 0.05) is 22.8 Å². The zero-order valence-corrected chi connectivity index (χ0v) is 15.1. The molecule has 5 nitrogen and oxygen atoms in total. The molecule has 0 unspecified atom stereocenters. The molecule has 0 saturated carbocycles. The molecule has 0 fully saturated rings. The van der Waals surface area contributed by atoms with E-state index in [4.69, 9.17) is 4.98 Å². The van der Waals surface area contributed by atoms with E-state index in [-0.39, 0.29) is 11.5 Å². The van der Waals surface area contributed by atoms with Crippen molar-refractivity contribution < 1.29 is 10.2 Å². The number of aromatic hydroxyl groups is 2. The third-order valence-electron chi connectivity index (χ3n) is 5.09. The van der Waals surface area contributed by atoms with Crippen LogP contribution in [-0.4, -0.2) is 26.7 Å². The Kier molecular flexibility index (Phi) is 3.79. The normalized spacial score (nSPS) is 11.4. The second-order valence-corrected chi connectivity index (χ2v) is 6.90. The van der Waals surface area contributed by atoms with Crippen LogP contribution in [0.2, 0.25) is 0 Å². The summed E-state index contributed by atoms with van der Waals surface area (Å²) in [5.74, 6) is 0.642. The van der Waals surface area contributed by atoms with Crippen molar-refractivity contribution in [3.05, 3.63) is 72.3 Å². The van der Waals surface area contributed by atoms with Gasteiger partial charge in [-0.15, -0.1) is 0 Å². The molecule has 28 heavy (non-hydrogen) atoms. The van der Waals surface area contributed by atoms with E-state index in [1.807, 2.05) is 36.4 Å². The quantitative estimate of drug-likeness (QED) is 0.338. The molecule has 0 atom stereocenters. The number of H-pyrrole nitrogens is 1. The molecule has 0 aliphatic rings. The first-order valence-corrected chi connectivity index (χ1v) is 9.24. The molecule has 2 aromatic heterocycles. The van der Waals surface area contributed by atoms with Crippen LogP contribution in [-0.2, 0) is 6.42 Å². The number of nitrogens with one attached hydrogen (secondary N) is 2. The van der Waals surface area contributed by atoms with Crippen molar-refractivity contribution in [2.24, 2.45) is 0 Å². The molecule has 5 aromatic rings. The van der Waals surface area contributed by atoms with Gasteiger partial charge in [0.05, 0.1) is 16.4 Å². The van der Waals surface area contributed by atoms with Crippen LogP contribution in [0.15, 0.2) is 66.7 Å². The van der Waals surface area contributed by atoms with Gasteiger partial charge >= 0.3 is 0 Å². The van der Waals surface area contributed by atoms with Crippen LogP contribution < -0.4 is 5.32 Å². The number of para-hydroxylation sites is 2. The Balaban J connectivity index is 1.56. The fraction of sp³-hybridized carbons (Fsp3) is 0.0870. The lowest BCUT2D eigenvalue weighted by molar-refractivity contribution is 0.403. The van der Waals surface area contributed by atoms with Gasteiger partial charge in [-0.1, -0.05) is 42.5 Å². The minimum Gasteiger partial charge on any atom is -0.504 e. The van der Waals surface area contributed by atoms with Crippen molar-refractivity contribution in [2.45, 2.75) is 6.42 Å². The summed E-state index contributed by atoms with van der Waals surface area (Å²) in [5, 5.41) is 25.9. The second-order valence-electron chi connectivity index (χ2n) is 6.90. The predicted molar refractivity (Wildman–Crippen MR) is 113 cm³/mol. The van der Waals surface area contributed by atoms with E-state index in [0.717, 1.165) is 44.1 Å². The number of rotatable bonds is 4. The van der Waals surface area contributed by atoms with Gasteiger partial charge in [0.25, 0.3) is 0 Å². The van der Waals surface area contributed by atoms with E-state index in [1.165, 1.54) is 6.07 Å². The topological polar surface area (TPSA) is 81.2 Å². The van der Waals surface area contributed by atoms with E-state index in [9.17, 15) is 10.2 Å². The number of aromatic amines is 1. The number of benzene rings is 3. The lowest BCUT2D eigenvalue weighted by Gasteiger charge is -2.10. The molecule has 2 heterocycles. The monoisotopic (exact) mass is 369 g/mol. The molecule has 4 N–H and O–H groups in total. The fourth-order valence-electron chi connectivity index (χ4n) is 3.73. The van der Waals surface area contributed by atoms with Crippen LogP contribution in [0.1, 0.15) is 5.56 Å². The fourth-order valence-corrected chi connectivity index (χ4v) is 3.73. The summed E-state index contributed by atoms with van der Waals surface area (Å²) >= 11 is 0. The van der Waals surface area contributed by atoms with Crippen LogP contribution in [0.5, 0.6) is 11.5 Å². The Labute approximate surface area is 161 Å². The maximum Gasteiger partial charge on any atom is 0.157 e. The average molecular weight is 369 g/mol. The van der Waals surface area contributed by atoms with Crippen LogP contribution in [0.4, 0.5) is 5.82 Å². The number of aromatic nitrogens is 2. The lowest BCUT2D eigenvalue weighted by atomic mass is 10.1. The maximum atomic E-state index is 9.68. The van der Waals surface area contributed by atoms with Crippen molar-refractivity contribution in [1.29, 1.82) is 0 Å². The van der Waals surface area contributed by atoms with Gasteiger partial charge in [0.2, 0.25) is 0 Å². The Morgan fingerprint density at radius 3 is 2.50 bits per heavy atom. The highest BCUT2D eigenvalue weighted by Gasteiger charge is 2.13. The zero-order chi connectivity index (χ0) is 19.1. The van der Waals surface area contributed by atoms with Gasteiger partial charge in [0.1, 0.15) is 5.82 Å². The van der Waals surface area contributed by atoms with Crippen molar-refractivity contribution in [3.8, 4) is 11.5 Å². The minimum absolute atomic E-state index is 0.0969. The van der Waals surface area contributed by atoms with E-state index in [0.29, 0.717) is 13.0 Å². The van der Waals surface area contributed by atoms with Crippen molar-refractivity contribution in [1.82, 2.24) is 9.97 Å². The van der Waals surface area contributed by atoms with Gasteiger partial charge < -0.3 is 20.5 Å². The van der Waals surface area contributed by atoms with Crippen molar-refractivity contribution in [3.63, 3.8) is 0 Å². The second kappa shape index (κ2) is 6.46. The molecule has 0 saturated heterocycles. The first kappa shape index (κ1) is 16.4. The summed E-state index contributed by atoms with van der Waals surface area (Å²) in [5.41, 5.74) is 4.05. The molecule has 0 amide bonds. The molecular weight excluding hydrogens is 350 g/mol. The molecule has 0 bridgehead atoms. The molecule has 138 valence electrons. The third kappa shape index (κ3) is 2.68. The minimum atomic E-state index is -0.103. The number of phenolic OH excluding ortho intramolecular Hbond substituents is 2. The van der Waals surface area contributed by atoms with Gasteiger partial charge in [-0.3, -0.25) is 0 Å². The van der Waals surface area contributed by atoms with Crippen LogP contribution in [0.25, 0.3) is 32.7 Å². The van der Waals surface area contributed by atoms with Crippen molar-refractivity contribution in [2.75, 3.05) is 11.9 Å². The number of pyridine rings is 1. The summed E-state index contributed by atoms with van der Waals surface area (Å²) in [6.45, 7) is 0.657. The van der Waals surface area contributed by atoms with Crippen LogP contribution in [0, 0.1) is 0 Å². The predicted octanol–water partition coefficient (Wildman–Crippen LogP) is 4.94. The Morgan fingerprint density at radius 1 is 0.857 bits per heavy atom. The first-order valence-electron chi connectivity index (χ1n) is 9.24. The van der Waals surface area contributed by atoms with E-state index < -0.39 is 0 Å². The first-order chi connectivity index (χ1) is 13.7. The summed E-state index contributed by atoms with van der Waals surface area (Å²) in [7, 11) is 0. The largest absolute Gasteiger partial charge is 0.504 e. The molecule has 0 spiro atoms. The van der Waals surface area contributed by atoms with E-state index in [1.54, 1.807) is 6.07 Å². The highest BCUT2D eigenvalue weighted by atomic mass is 16.3. The van der Waals surface area contributed by atoms with E-state index in [2.05, 4.69) is 28.5 Å². The van der Waals surface area contributed by atoms with Crippen LogP contribution >= 0.6 is 0 Å². The molecular formula is C23H19N3O2. The number of anilines is 1. The molecule has 5 rings (SSSR count). The number of hydrogen-bond donors (Lipinski definition) is 4. The highest BCUT2D eigenvalue weighted by molar-refractivity contribution is 6.20. The summed E-state index contributed by atoms with van der Waals surface area (Å²) in [4.78, 5) is 8.41. The standard InChI is InChI=1S/C23H19N3O2/c27-19-10-9-14(13-20(19)28)11-12-24-23-21-15-5-1-3-7-17(15)25-22(21)16-6-2-4-8-18(16)26-23/h1-10,13,25,27-28H,11-12H2,(H,24,26). The van der Waals surface area contributed by atoms with Crippen molar-refractivity contribution >= 4 is 38.5 Å². The average Bonchev–Trinajstić information content (AvgIpc) is 3.11.